The standard InChI is InChI=1S/C16H24N4OS/c1-12(2)5-6-13-19-14(21-20-13)11-18-16(7-3-4-8-16)15-17-9-10-22-15/h9-10,12,18H,3-8,11H2,1-2H3. The summed E-state index contributed by atoms with van der Waals surface area (Å²) in [5, 5.41) is 11.0. The molecule has 1 aliphatic rings. The first kappa shape index (κ1) is 15.6. The van der Waals surface area contributed by atoms with Crippen molar-refractivity contribution in [2.75, 3.05) is 0 Å². The van der Waals surface area contributed by atoms with Gasteiger partial charge < -0.3 is 4.52 Å². The molecule has 1 saturated carbocycles. The number of hydrogen-bond acceptors (Lipinski definition) is 6. The molecule has 0 spiro atoms. The van der Waals surface area contributed by atoms with Gasteiger partial charge in [-0.1, -0.05) is 31.8 Å². The first-order valence-corrected chi connectivity index (χ1v) is 9.02. The van der Waals surface area contributed by atoms with Gasteiger partial charge >= 0.3 is 0 Å². The Labute approximate surface area is 135 Å². The number of nitrogens with one attached hydrogen (secondary N) is 1. The smallest absolute Gasteiger partial charge is 0.240 e. The molecule has 0 bridgehead atoms. The van der Waals surface area contributed by atoms with Crippen LogP contribution < -0.4 is 5.32 Å². The summed E-state index contributed by atoms with van der Waals surface area (Å²) >= 11 is 1.73. The predicted molar refractivity (Wildman–Crippen MR) is 86.6 cm³/mol. The zero-order valence-electron chi connectivity index (χ0n) is 13.3. The molecule has 3 rings (SSSR count). The largest absolute Gasteiger partial charge is 0.338 e. The molecule has 5 nitrogen and oxygen atoms in total. The molecule has 0 unspecified atom stereocenters. The van der Waals surface area contributed by atoms with Gasteiger partial charge in [0.15, 0.2) is 5.82 Å². The molecule has 6 heteroatoms. The van der Waals surface area contributed by atoms with Gasteiger partial charge in [-0.3, -0.25) is 5.32 Å². The zero-order valence-corrected chi connectivity index (χ0v) is 14.2. The number of rotatable bonds is 7. The number of thiazole rings is 1. The van der Waals surface area contributed by atoms with Crippen LogP contribution in [0.3, 0.4) is 0 Å². The molecule has 0 atom stereocenters. The zero-order chi connectivity index (χ0) is 15.4. The Morgan fingerprint density at radius 1 is 1.36 bits per heavy atom. The minimum absolute atomic E-state index is 0.000727. The van der Waals surface area contributed by atoms with Gasteiger partial charge in [-0.15, -0.1) is 11.3 Å². The summed E-state index contributed by atoms with van der Waals surface area (Å²) in [4.78, 5) is 9.02. The van der Waals surface area contributed by atoms with Crippen molar-refractivity contribution in [1.82, 2.24) is 20.4 Å². The van der Waals surface area contributed by atoms with Crippen LogP contribution in [0.4, 0.5) is 0 Å². The highest BCUT2D eigenvalue weighted by Crippen LogP contribution is 2.39. The first-order chi connectivity index (χ1) is 10.7. The molecule has 0 aromatic carbocycles. The van der Waals surface area contributed by atoms with Gasteiger partial charge in [0.1, 0.15) is 5.01 Å². The molecule has 1 N–H and O–H groups in total. The summed E-state index contributed by atoms with van der Waals surface area (Å²) in [7, 11) is 0. The maximum Gasteiger partial charge on any atom is 0.240 e. The van der Waals surface area contributed by atoms with Crippen LogP contribution in [0, 0.1) is 5.92 Å². The molecule has 120 valence electrons. The van der Waals surface area contributed by atoms with E-state index in [1.54, 1.807) is 11.3 Å². The fourth-order valence-corrected chi connectivity index (χ4v) is 3.90. The molecule has 1 fully saturated rings. The Kier molecular flexibility index (Phi) is 4.88. The van der Waals surface area contributed by atoms with Crippen LogP contribution in [0.1, 0.15) is 62.7 Å². The van der Waals surface area contributed by atoms with E-state index in [0.29, 0.717) is 18.4 Å². The molecular formula is C16H24N4OS. The van der Waals surface area contributed by atoms with Crippen LogP contribution in [0.15, 0.2) is 16.1 Å². The molecule has 2 aromatic rings. The maximum atomic E-state index is 5.38. The van der Waals surface area contributed by atoms with Crippen LogP contribution in [0.5, 0.6) is 0 Å². The molecule has 2 heterocycles. The minimum atomic E-state index is 0.000727. The van der Waals surface area contributed by atoms with Crippen molar-refractivity contribution in [2.24, 2.45) is 5.92 Å². The topological polar surface area (TPSA) is 63.8 Å². The summed E-state index contributed by atoms with van der Waals surface area (Å²) in [6, 6.07) is 0. The second-order valence-electron chi connectivity index (χ2n) is 6.52. The summed E-state index contributed by atoms with van der Waals surface area (Å²) in [5.41, 5.74) is 0.000727. The Morgan fingerprint density at radius 3 is 2.86 bits per heavy atom. The molecule has 0 aliphatic heterocycles. The van der Waals surface area contributed by atoms with Crippen molar-refractivity contribution in [3.05, 3.63) is 28.3 Å². The minimum Gasteiger partial charge on any atom is -0.338 e. The summed E-state index contributed by atoms with van der Waals surface area (Å²) < 4.78 is 5.38. The molecule has 2 aromatic heterocycles. The lowest BCUT2D eigenvalue weighted by Gasteiger charge is -2.27. The highest BCUT2D eigenvalue weighted by atomic mass is 32.1. The SMILES string of the molecule is CC(C)CCc1noc(CNC2(c3nccs3)CCCC2)n1. The predicted octanol–water partition coefficient (Wildman–Crippen LogP) is 3.67. The van der Waals surface area contributed by atoms with E-state index in [0.717, 1.165) is 31.5 Å². The van der Waals surface area contributed by atoms with Gasteiger partial charge in [-0.05, 0) is 25.2 Å². The van der Waals surface area contributed by atoms with Crippen molar-refractivity contribution in [2.45, 2.75) is 64.5 Å². The normalized spacial score (nSPS) is 17.4. The molecule has 0 amide bonds. The van der Waals surface area contributed by atoms with Crippen molar-refractivity contribution in [3.8, 4) is 0 Å². The van der Waals surface area contributed by atoms with Gasteiger partial charge in [-0.25, -0.2) is 4.98 Å². The average Bonchev–Trinajstić information content (AvgIpc) is 3.23. The van der Waals surface area contributed by atoms with E-state index in [1.807, 2.05) is 11.6 Å². The Morgan fingerprint density at radius 2 is 2.18 bits per heavy atom. The highest BCUT2D eigenvalue weighted by Gasteiger charge is 2.37. The third-order valence-corrected chi connectivity index (χ3v) is 5.31. The average molecular weight is 320 g/mol. The second-order valence-corrected chi connectivity index (χ2v) is 7.41. The van der Waals surface area contributed by atoms with Crippen LogP contribution >= 0.6 is 11.3 Å². The Bertz CT molecular complexity index is 573. The fraction of sp³-hybridized carbons (Fsp3) is 0.688. The van der Waals surface area contributed by atoms with Crippen molar-refractivity contribution < 1.29 is 4.52 Å². The molecule has 1 aliphatic carbocycles. The third-order valence-electron chi connectivity index (χ3n) is 4.33. The monoisotopic (exact) mass is 320 g/mol. The van der Waals surface area contributed by atoms with Gasteiger partial charge in [0.25, 0.3) is 0 Å². The van der Waals surface area contributed by atoms with Crippen molar-refractivity contribution in [3.63, 3.8) is 0 Å². The molecule has 0 saturated heterocycles. The first-order valence-electron chi connectivity index (χ1n) is 8.14. The van der Waals surface area contributed by atoms with Crippen LogP contribution in [0.2, 0.25) is 0 Å². The van der Waals surface area contributed by atoms with Crippen LogP contribution in [-0.4, -0.2) is 15.1 Å². The number of aromatic nitrogens is 3. The summed E-state index contributed by atoms with van der Waals surface area (Å²) in [5.74, 6) is 2.16. The van der Waals surface area contributed by atoms with Gasteiger partial charge in [0.2, 0.25) is 5.89 Å². The van der Waals surface area contributed by atoms with Gasteiger partial charge in [0.05, 0.1) is 12.1 Å². The van der Waals surface area contributed by atoms with E-state index >= 15 is 0 Å². The van der Waals surface area contributed by atoms with Crippen molar-refractivity contribution >= 4 is 11.3 Å². The number of aryl methyl sites for hydroxylation is 1. The molecular weight excluding hydrogens is 296 g/mol. The van der Waals surface area contributed by atoms with Gasteiger partial charge in [-0.2, -0.15) is 4.98 Å². The number of hydrogen-bond donors (Lipinski definition) is 1. The van der Waals surface area contributed by atoms with Crippen LogP contribution in [0.25, 0.3) is 0 Å². The van der Waals surface area contributed by atoms with E-state index < -0.39 is 0 Å². The van der Waals surface area contributed by atoms with E-state index in [4.69, 9.17) is 4.52 Å². The summed E-state index contributed by atoms with van der Waals surface area (Å²) in [6.07, 6.45) is 8.63. The van der Waals surface area contributed by atoms with Gasteiger partial charge in [0, 0.05) is 18.0 Å². The lowest BCUT2D eigenvalue weighted by atomic mass is 9.98. The third kappa shape index (κ3) is 3.55. The quantitative estimate of drug-likeness (QED) is 0.843. The highest BCUT2D eigenvalue weighted by molar-refractivity contribution is 7.09. The lowest BCUT2D eigenvalue weighted by molar-refractivity contribution is 0.296. The van der Waals surface area contributed by atoms with Crippen molar-refractivity contribution in [1.29, 1.82) is 0 Å². The Balaban J connectivity index is 1.61. The Hall–Kier alpha value is -1.27. The van der Waals surface area contributed by atoms with E-state index in [9.17, 15) is 0 Å². The van der Waals surface area contributed by atoms with E-state index in [2.05, 4.69) is 34.3 Å². The molecule has 22 heavy (non-hydrogen) atoms. The fourth-order valence-electron chi connectivity index (χ4n) is 3.03. The van der Waals surface area contributed by atoms with Crippen LogP contribution in [-0.2, 0) is 18.5 Å². The lowest BCUT2D eigenvalue weighted by Crippen LogP contribution is -2.39. The second kappa shape index (κ2) is 6.87. The van der Waals surface area contributed by atoms with E-state index in [-0.39, 0.29) is 5.54 Å². The maximum absolute atomic E-state index is 5.38. The summed E-state index contributed by atoms with van der Waals surface area (Å²) in [6.45, 7) is 5.04. The molecule has 0 radical (unpaired) electrons. The number of nitrogens with zero attached hydrogens (tertiary/aromatic N) is 3. The van der Waals surface area contributed by atoms with E-state index in [1.165, 1.54) is 17.8 Å².